The molecule has 1 saturated carbocycles. The Hall–Kier alpha value is -2.12. The number of rotatable bonds is 7. The van der Waals surface area contributed by atoms with Gasteiger partial charge < -0.3 is 9.47 Å². The third kappa shape index (κ3) is 2.57. The van der Waals surface area contributed by atoms with Gasteiger partial charge in [0.05, 0.1) is 18.6 Å². The zero-order valence-electron chi connectivity index (χ0n) is 12.4. The highest BCUT2D eigenvalue weighted by Crippen LogP contribution is 2.47. The standard InChI is InChI=1S/C13H19N3O5/c1-4-5-8-21-11-10(16(18)19)9(2)15(14-11)13(6-7-13)12(17)20-3/h4-8H2,1-3H3. The third-order valence-electron chi connectivity index (χ3n) is 3.67. The van der Waals surface area contributed by atoms with Crippen LogP contribution in [0.15, 0.2) is 0 Å². The van der Waals surface area contributed by atoms with Crippen LogP contribution in [-0.4, -0.2) is 34.4 Å². The molecule has 1 aliphatic carbocycles. The largest absolute Gasteiger partial charge is 0.472 e. The number of carbonyl (C=O) groups is 1. The molecule has 0 atom stereocenters. The second-order valence-corrected chi connectivity index (χ2v) is 5.13. The summed E-state index contributed by atoms with van der Waals surface area (Å²) in [4.78, 5) is 22.6. The number of unbranched alkanes of at least 4 members (excludes halogenated alkanes) is 1. The molecule has 0 spiro atoms. The molecule has 1 aromatic rings. The third-order valence-corrected chi connectivity index (χ3v) is 3.67. The van der Waals surface area contributed by atoms with Gasteiger partial charge in [-0.05, 0) is 26.2 Å². The van der Waals surface area contributed by atoms with Crippen LogP contribution in [0.1, 0.15) is 38.3 Å². The molecule has 2 rings (SSSR count). The molecule has 8 heteroatoms. The van der Waals surface area contributed by atoms with Crippen molar-refractivity contribution in [2.75, 3.05) is 13.7 Å². The summed E-state index contributed by atoms with van der Waals surface area (Å²) in [7, 11) is 1.30. The van der Waals surface area contributed by atoms with E-state index in [1.807, 2.05) is 6.92 Å². The molecule has 0 amide bonds. The Balaban J connectivity index is 2.38. The van der Waals surface area contributed by atoms with Gasteiger partial charge in [0, 0.05) is 0 Å². The molecule has 1 fully saturated rings. The highest BCUT2D eigenvalue weighted by atomic mass is 16.6. The van der Waals surface area contributed by atoms with Crippen LogP contribution in [0, 0.1) is 17.0 Å². The first kappa shape index (κ1) is 15.3. The first-order chi connectivity index (χ1) is 9.97. The fourth-order valence-corrected chi connectivity index (χ4v) is 2.32. The fraction of sp³-hybridized carbons (Fsp3) is 0.692. The topological polar surface area (TPSA) is 96.5 Å². The summed E-state index contributed by atoms with van der Waals surface area (Å²) < 4.78 is 11.6. The van der Waals surface area contributed by atoms with E-state index >= 15 is 0 Å². The maximum absolute atomic E-state index is 11.9. The van der Waals surface area contributed by atoms with E-state index in [0.29, 0.717) is 25.1 Å². The number of aromatic nitrogens is 2. The Bertz CT molecular complexity index is 562. The smallest absolute Gasteiger partial charge is 0.353 e. The monoisotopic (exact) mass is 297 g/mol. The number of carbonyl (C=O) groups excluding carboxylic acids is 1. The van der Waals surface area contributed by atoms with Crippen molar-refractivity contribution in [3.05, 3.63) is 15.8 Å². The summed E-state index contributed by atoms with van der Waals surface area (Å²) in [5.41, 5.74) is -0.772. The number of hydrogen-bond donors (Lipinski definition) is 0. The van der Waals surface area contributed by atoms with Crippen molar-refractivity contribution in [2.24, 2.45) is 0 Å². The SMILES string of the molecule is CCCCOc1nn(C2(C(=O)OC)CC2)c(C)c1[N+](=O)[O-]. The van der Waals surface area contributed by atoms with Crippen molar-refractivity contribution in [2.45, 2.75) is 45.1 Å². The van der Waals surface area contributed by atoms with E-state index in [0.717, 1.165) is 12.8 Å². The maximum Gasteiger partial charge on any atom is 0.353 e. The summed E-state index contributed by atoms with van der Waals surface area (Å²) >= 11 is 0. The molecule has 116 valence electrons. The molecule has 0 radical (unpaired) electrons. The molecule has 0 saturated heterocycles. The quantitative estimate of drug-likeness (QED) is 0.330. The van der Waals surface area contributed by atoms with Gasteiger partial charge in [-0.15, -0.1) is 5.10 Å². The second-order valence-electron chi connectivity index (χ2n) is 5.13. The van der Waals surface area contributed by atoms with E-state index < -0.39 is 16.4 Å². The van der Waals surface area contributed by atoms with Crippen molar-refractivity contribution in [1.29, 1.82) is 0 Å². The van der Waals surface area contributed by atoms with Crippen molar-refractivity contribution < 1.29 is 19.2 Å². The zero-order chi connectivity index (χ0) is 15.6. The number of nitrogens with zero attached hydrogens (tertiary/aromatic N) is 3. The molecular weight excluding hydrogens is 278 g/mol. The van der Waals surface area contributed by atoms with E-state index in [1.54, 1.807) is 6.92 Å². The van der Waals surface area contributed by atoms with Crippen LogP contribution < -0.4 is 4.74 Å². The van der Waals surface area contributed by atoms with Gasteiger partial charge in [-0.3, -0.25) is 10.1 Å². The van der Waals surface area contributed by atoms with E-state index in [-0.39, 0.29) is 11.6 Å². The van der Waals surface area contributed by atoms with Crippen molar-refractivity contribution >= 4 is 11.7 Å². The molecule has 1 aromatic heterocycles. The fourth-order valence-electron chi connectivity index (χ4n) is 2.32. The normalized spacial score (nSPS) is 15.6. The van der Waals surface area contributed by atoms with Crippen molar-refractivity contribution in [3.63, 3.8) is 0 Å². The van der Waals surface area contributed by atoms with Gasteiger partial charge in [0.1, 0.15) is 5.69 Å². The molecule has 8 nitrogen and oxygen atoms in total. The number of ether oxygens (including phenoxy) is 2. The predicted molar refractivity (Wildman–Crippen MR) is 73.2 cm³/mol. The lowest BCUT2D eigenvalue weighted by Gasteiger charge is -2.14. The van der Waals surface area contributed by atoms with E-state index in [9.17, 15) is 14.9 Å². The van der Waals surface area contributed by atoms with Gasteiger partial charge in [0.2, 0.25) is 0 Å². The minimum absolute atomic E-state index is 0.0267. The van der Waals surface area contributed by atoms with Gasteiger partial charge >= 0.3 is 17.5 Å². The summed E-state index contributed by atoms with van der Waals surface area (Å²) in [6.45, 7) is 3.93. The molecule has 1 aliphatic rings. The van der Waals surface area contributed by atoms with Gasteiger partial charge in [0.25, 0.3) is 0 Å². The predicted octanol–water partition coefficient (Wildman–Crippen LogP) is 1.94. The summed E-state index contributed by atoms with van der Waals surface area (Å²) in [6, 6.07) is 0. The van der Waals surface area contributed by atoms with Crippen LogP contribution in [0.2, 0.25) is 0 Å². The van der Waals surface area contributed by atoms with E-state index in [2.05, 4.69) is 5.10 Å². The lowest BCUT2D eigenvalue weighted by atomic mass is 10.2. The average molecular weight is 297 g/mol. The summed E-state index contributed by atoms with van der Waals surface area (Å²) in [5, 5.41) is 15.4. The lowest BCUT2D eigenvalue weighted by molar-refractivity contribution is -0.386. The van der Waals surface area contributed by atoms with Crippen LogP contribution in [0.4, 0.5) is 5.69 Å². The Kier molecular flexibility index (Phi) is 4.15. The molecule has 0 N–H and O–H groups in total. The van der Waals surface area contributed by atoms with Crippen molar-refractivity contribution in [3.8, 4) is 5.88 Å². The molecule has 0 bridgehead atoms. The second kappa shape index (κ2) is 5.71. The molecule has 21 heavy (non-hydrogen) atoms. The van der Waals surface area contributed by atoms with Gasteiger partial charge in [-0.2, -0.15) is 0 Å². The first-order valence-electron chi connectivity index (χ1n) is 6.93. The van der Waals surface area contributed by atoms with Crippen molar-refractivity contribution in [1.82, 2.24) is 9.78 Å². The summed E-state index contributed by atoms with van der Waals surface area (Å²) in [6.07, 6.45) is 2.83. The molecule has 0 aliphatic heterocycles. The maximum atomic E-state index is 11.9. The Morgan fingerprint density at radius 1 is 1.52 bits per heavy atom. The average Bonchev–Trinajstić information content (AvgIpc) is 3.18. The number of hydrogen-bond acceptors (Lipinski definition) is 6. The van der Waals surface area contributed by atoms with Crippen LogP contribution in [0.25, 0.3) is 0 Å². The van der Waals surface area contributed by atoms with Crippen LogP contribution in [0.5, 0.6) is 5.88 Å². The van der Waals surface area contributed by atoms with E-state index in [4.69, 9.17) is 9.47 Å². The molecule has 1 heterocycles. The van der Waals surface area contributed by atoms with E-state index in [1.165, 1.54) is 11.8 Å². The number of nitro groups is 1. The minimum Gasteiger partial charge on any atom is -0.472 e. The highest BCUT2D eigenvalue weighted by Gasteiger charge is 2.56. The molecule has 0 unspecified atom stereocenters. The number of esters is 1. The van der Waals surface area contributed by atoms with Gasteiger partial charge in [-0.25, -0.2) is 9.48 Å². The van der Waals surface area contributed by atoms with Crippen LogP contribution >= 0.6 is 0 Å². The van der Waals surface area contributed by atoms with Gasteiger partial charge in [-0.1, -0.05) is 13.3 Å². The Morgan fingerprint density at radius 2 is 2.19 bits per heavy atom. The zero-order valence-corrected chi connectivity index (χ0v) is 12.4. The minimum atomic E-state index is -0.907. The first-order valence-corrected chi connectivity index (χ1v) is 6.93. The van der Waals surface area contributed by atoms with Gasteiger partial charge in [0.15, 0.2) is 5.54 Å². The Labute approximate surface area is 122 Å². The number of methoxy groups -OCH3 is 1. The van der Waals surface area contributed by atoms with Crippen LogP contribution in [-0.2, 0) is 15.1 Å². The molecular formula is C13H19N3O5. The highest BCUT2D eigenvalue weighted by molar-refractivity contribution is 5.82. The lowest BCUT2D eigenvalue weighted by Crippen LogP contribution is -2.30. The molecule has 0 aromatic carbocycles. The van der Waals surface area contributed by atoms with Crippen LogP contribution in [0.3, 0.4) is 0 Å². The summed E-state index contributed by atoms with van der Waals surface area (Å²) in [5.74, 6) is -0.454. The Morgan fingerprint density at radius 3 is 2.67 bits per heavy atom.